The average Bonchev–Trinajstić information content (AvgIpc) is 3.27. The second-order valence-corrected chi connectivity index (χ2v) is 9.25. The van der Waals surface area contributed by atoms with Gasteiger partial charge in [-0.3, -0.25) is 0 Å². The highest BCUT2D eigenvalue weighted by Gasteiger charge is 2.28. The number of hydrogen-bond donors (Lipinski definition) is 0. The summed E-state index contributed by atoms with van der Waals surface area (Å²) in [6.07, 6.45) is 4.42. The van der Waals surface area contributed by atoms with Crippen molar-refractivity contribution >= 4 is 22.4 Å². The Morgan fingerprint density at radius 1 is 0.543 bits per heavy atom. The molecule has 0 fully saturated rings. The maximum atomic E-state index is 6.83. The van der Waals surface area contributed by atoms with Crippen molar-refractivity contribution in [2.45, 2.75) is 12.8 Å². The van der Waals surface area contributed by atoms with Crippen LogP contribution in [0.1, 0.15) is 23.1 Å². The summed E-state index contributed by atoms with van der Waals surface area (Å²) in [6, 6.07) is 40.8. The lowest BCUT2D eigenvalue weighted by Crippen LogP contribution is -1.99. The van der Waals surface area contributed by atoms with Crippen LogP contribution in [-0.4, -0.2) is 0 Å². The van der Waals surface area contributed by atoms with Gasteiger partial charge < -0.3 is 4.42 Å². The Kier molecular flexibility index (Phi) is 4.67. The van der Waals surface area contributed by atoms with Gasteiger partial charge >= 0.3 is 0 Å². The number of fused-ring (bicyclic) bond motifs is 4. The SMILES string of the molecule is C1=C(c2c3oc(-c4ccccc4)cc(-c4ccccc4)c-3c3ccccc23)CCc2ccccc21. The summed E-state index contributed by atoms with van der Waals surface area (Å²) in [5.41, 5.74) is 10.0. The Hall–Kier alpha value is -4.36. The number of allylic oxidation sites excluding steroid dienone is 1. The van der Waals surface area contributed by atoms with Crippen LogP contribution >= 0.6 is 0 Å². The van der Waals surface area contributed by atoms with E-state index in [0.717, 1.165) is 29.9 Å². The first kappa shape index (κ1) is 20.1. The van der Waals surface area contributed by atoms with E-state index in [1.54, 1.807) is 0 Å². The van der Waals surface area contributed by atoms with Gasteiger partial charge in [-0.2, -0.15) is 0 Å². The summed E-state index contributed by atoms with van der Waals surface area (Å²) in [5, 5.41) is 2.51. The van der Waals surface area contributed by atoms with Crippen molar-refractivity contribution in [1.82, 2.24) is 0 Å². The Bertz CT molecular complexity index is 1670. The number of benzene rings is 4. The van der Waals surface area contributed by atoms with Crippen molar-refractivity contribution in [2.24, 2.45) is 0 Å². The van der Waals surface area contributed by atoms with E-state index in [-0.39, 0.29) is 0 Å². The number of hydrogen-bond acceptors (Lipinski definition) is 1. The zero-order valence-electron chi connectivity index (χ0n) is 19.4. The van der Waals surface area contributed by atoms with Gasteiger partial charge in [0.15, 0.2) is 0 Å². The van der Waals surface area contributed by atoms with Crippen molar-refractivity contribution in [2.75, 3.05) is 0 Å². The third kappa shape index (κ3) is 3.32. The monoisotopic (exact) mass is 448 g/mol. The largest absolute Gasteiger partial charge is 0.455 e. The number of rotatable bonds is 3. The molecule has 7 rings (SSSR count). The van der Waals surface area contributed by atoms with Gasteiger partial charge in [0.25, 0.3) is 0 Å². The van der Waals surface area contributed by atoms with Crippen LogP contribution in [-0.2, 0) is 6.42 Å². The highest BCUT2D eigenvalue weighted by atomic mass is 16.3. The molecule has 0 aromatic heterocycles. The van der Waals surface area contributed by atoms with Gasteiger partial charge in [-0.05, 0) is 57.5 Å². The fourth-order valence-electron chi connectivity index (χ4n) is 5.54. The summed E-state index contributed by atoms with van der Waals surface area (Å²) in [4.78, 5) is 0. The van der Waals surface area contributed by atoms with Crippen LogP contribution in [0.25, 0.3) is 56.2 Å². The summed E-state index contributed by atoms with van der Waals surface area (Å²) in [5.74, 6) is 1.88. The van der Waals surface area contributed by atoms with Gasteiger partial charge in [0, 0.05) is 16.7 Å². The van der Waals surface area contributed by atoms with Gasteiger partial charge in [0.05, 0.1) is 0 Å². The fourth-order valence-corrected chi connectivity index (χ4v) is 5.54. The molecule has 0 saturated carbocycles. The molecule has 2 aliphatic carbocycles. The lowest BCUT2D eigenvalue weighted by Gasteiger charge is -2.18. The van der Waals surface area contributed by atoms with Crippen LogP contribution in [0.2, 0.25) is 0 Å². The molecule has 35 heavy (non-hydrogen) atoms. The zero-order chi connectivity index (χ0) is 23.2. The molecule has 0 atom stereocenters. The highest BCUT2D eigenvalue weighted by molar-refractivity contribution is 6.15. The molecule has 0 amide bonds. The van der Waals surface area contributed by atoms with Crippen LogP contribution < -0.4 is 0 Å². The van der Waals surface area contributed by atoms with Crippen molar-refractivity contribution in [1.29, 1.82) is 0 Å². The predicted octanol–water partition coefficient (Wildman–Crippen LogP) is 9.36. The normalized spacial score (nSPS) is 13.1. The summed E-state index contributed by atoms with van der Waals surface area (Å²) >= 11 is 0. The molecule has 4 aromatic carbocycles. The molecule has 1 heteroatoms. The lowest BCUT2D eigenvalue weighted by molar-refractivity contribution is 0.582. The quantitative estimate of drug-likeness (QED) is 0.263. The second kappa shape index (κ2) is 8.14. The summed E-state index contributed by atoms with van der Waals surface area (Å²) < 4.78 is 6.83. The summed E-state index contributed by atoms with van der Waals surface area (Å²) in [6.45, 7) is 0. The fraction of sp³-hybridized carbons (Fsp3) is 0.0588. The average molecular weight is 449 g/mol. The van der Waals surface area contributed by atoms with Crippen LogP contribution in [0.4, 0.5) is 0 Å². The van der Waals surface area contributed by atoms with E-state index < -0.39 is 0 Å². The van der Waals surface area contributed by atoms with E-state index in [1.165, 1.54) is 49.7 Å². The zero-order valence-corrected chi connectivity index (χ0v) is 19.4. The van der Waals surface area contributed by atoms with Crippen LogP contribution in [0.15, 0.2) is 120 Å². The lowest BCUT2D eigenvalue weighted by atomic mass is 9.88. The van der Waals surface area contributed by atoms with Gasteiger partial charge in [-0.1, -0.05) is 115 Å². The maximum absolute atomic E-state index is 6.83. The van der Waals surface area contributed by atoms with Gasteiger partial charge in [-0.25, -0.2) is 0 Å². The Balaban J connectivity index is 1.58. The van der Waals surface area contributed by atoms with E-state index >= 15 is 0 Å². The van der Waals surface area contributed by atoms with Gasteiger partial charge in [0.2, 0.25) is 0 Å². The Labute approximate surface area is 205 Å². The smallest absolute Gasteiger partial charge is 0.144 e. The molecule has 1 aliphatic heterocycles. The molecule has 0 N–H and O–H groups in total. The topological polar surface area (TPSA) is 13.1 Å². The molecular formula is C34H24O. The van der Waals surface area contributed by atoms with Gasteiger partial charge in [0.1, 0.15) is 11.5 Å². The molecule has 0 bridgehead atoms. The minimum Gasteiger partial charge on any atom is -0.455 e. The van der Waals surface area contributed by atoms with Crippen LogP contribution in [0.5, 0.6) is 0 Å². The first-order valence-corrected chi connectivity index (χ1v) is 12.2. The van der Waals surface area contributed by atoms with Crippen molar-refractivity contribution in [3.8, 4) is 33.8 Å². The molecule has 0 saturated heterocycles. The Morgan fingerprint density at radius 2 is 1.17 bits per heavy atom. The number of aryl methyl sites for hydroxylation is 1. The first-order chi connectivity index (χ1) is 17.4. The Morgan fingerprint density at radius 3 is 1.94 bits per heavy atom. The molecular weight excluding hydrogens is 424 g/mol. The molecule has 3 aliphatic rings. The minimum absolute atomic E-state index is 0.894. The van der Waals surface area contributed by atoms with Crippen molar-refractivity contribution < 1.29 is 4.42 Å². The molecule has 0 radical (unpaired) electrons. The van der Waals surface area contributed by atoms with E-state index in [0.29, 0.717) is 0 Å². The van der Waals surface area contributed by atoms with E-state index in [9.17, 15) is 0 Å². The third-order valence-electron chi connectivity index (χ3n) is 7.19. The highest BCUT2D eigenvalue weighted by Crippen LogP contribution is 2.50. The molecule has 4 aromatic rings. The minimum atomic E-state index is 0.894. The molecule has 1 heterocycles. The predicted molar refractivity (Wildman–Crippen MR) is 146 cm³/mol. The maximum Gasteiger partial charge on any atom is 0.144 e. The van der Waals surface area contributed by atoms with E-state index in [1.807, 2.05) is 6.07 Å². The molecule has 0 unspecified atom stereocenters. The second-order valence-electron chi connectivity index (χ2n) is 9.25. The van der Waals surface area contributed by atoms with Crippen LogP contribution in [0.3, 0.4) is 0 Å². The van der Waals surface area contributed by atoms with E-state index in [4.69, 9.17) is 4.42 Å². The standard InChI is InChI=1S/C34H24O/c1-3-12-24(13-4-1)30-22-31(25-14-5-2-6-15-25)35-34-32(28-17-9-10-18-29(28)33(30)34)27-20-19-23-11-7-8-16-26(23)21-27/h1-18,21-22H,19-20H2. The van der Waals surface area contributed by atoms with Crippen molar-refractivity contribution in [3.63, 3.8) is 0 Å². The third-order valence-corrected chi connectivity index (χ3v) is 7.19. The van der Waals surface area contributed by atoms with Crippen molar-refractivity contribution in [3.05, 3.63) is 132 Å². The van der Waals surface area contributed by atoms with Gasteiger partial charge in [-0.15, -0.1) is 0 Å². The first-order valence-electron chi connectivity index (χ1n) is 12.2. The van der Waals surface area contributed by atoms with E-state index in [2.05, 4.69) is 115 Å². The summed E-state index contributed by atoms with van der Waals surface area (Å²) in [7, 11) is 0. The molecule has 166 valence electrons. The molecule has 0 spiro atoms. The van der Waals surface area contributed by atoms with Crippen LogP contribution in [0, 0.1) is 0 Å². The molecule has 1 nitrogen and oxygen atoms in total.